The molecule has 45 heavy (non-hydrogen) atoms. The number of benzene rings is 3. The van der Waals surface area contributed by atoms with E-state index in [1.165, 1.54) is 0 Å². The third-order valence-corrected chi connectivity index (χ3v) is 8.20. The van der Waals surface area contributed by atoms with Crippen LogP contribution in [0.1, 0.15) is 47.2 Å². The molecule has 0 spiro atoms. The van der Waals surface area contributed by atoms with E-state index in [1.807, 2.05) is 64.4 Å². The Bertz CT molecular complexity index is 1380. The molecule has 9 heteroatoms. The second kappa shape index (κ2) is 17.3. The zero-order valence-corrected chi connectivity index (χ0v) is 27.0. The van der Waals surface area contributed by atoms with Crippen molar-refractivity contribution in [3.63, 3.8) is 0 Å². The number of carbonyl (C=O) groups excluding carboxylic acids is 2. The van der Waals surface area contributed by atoms with Gasteiger partial charge in [0.2, 0.25) is 11.7 Å². The van der Waals surface area contributed by atoms with Crippen LogP contribution >= 0.6 is 0 Å². The Morgan fingerprint density at radius 3 is 2.31 bits per heavy atom. The van der Waals surface area contributed by atoms with Crippen LogP contribution in [0, 0.1) is 0 Å². The standard InChI is InChI=1S/C36H46N2O7/c1-41-24-23-37-21-11-6-12-22-38(33(39)20-18-28-17-19-32(42-2)35(44-4)34(28)43-3)29(25-27-13-7-5-8-14-27)26-45-31-16-10-9-15-30(31)36(37)40/h5,7-10,13-17,19,29H,6,11-12,18,20-26H2,1-4H3/t29-/m0/s1. The molecule has 0 N–H and O–H groups in total. The zero-order valence-electron chi connectivity index (χ0n) is 27.0. The fraction of sp³-hybridized carbons (Fsp3) is 0.444. The van der Waals surface area contributed by atoms with Crippen LogP contribution in [0.2, 0.25) is 0 Å². The van der Waals surface area contributed by atoms with Crippen LogP contribution in [0.3, 0.4) is 0 Å². The fourth-order valence-corrected chi connectivity index (χ4v) is 5.80. The minimum atomic E-state index is -0.235. The zero-order chi connectivity index (χ0) is 32.0. The van der Waals surface area contributed by atoms with Crippen LogP contribution < -0.4 is 18.9 Å². The molecule has 2 amide bonds. The maximum absolute atomic E-state index is 14.1. The number of nitrogens with zero attached hydrogens (tertiary/aromatic N) is 2. The minimum Gasteiger partial charge on any atom is -0.493 e. The van der Waals surface area contributed by atoms with Crippen LogP contribution in [0.15, 0.2) is 66.7 Å². The van der Waals surface area contributed by atoms with Crippen LogP contribution in [0.5, 0.6) is 23.0 Å². The summed E-state index contributed by atoms with van der Waals surface area (Å²) < 4.78 is 28.4. The molecule has 0 bridgehead atoms. The molecule has 0 saturated carbocycles. The quantitative estimate of drug-likeness (QED) is 0.283. The molecule has 9 nitrogen and oxygen atoms in total. The molecule has 0 unspecified atom stereocenters. The van der Waals surface area contributed by atoms with E-state index in [0.29, 0.717) is 67.6 Å². The number of aryl methyl sites for hydroxylation is 1. The van der Waals surface area contributed by atoms with E-state index in [1.54, 1.807) is 28.4 Å². The van der Waals surface area contributed by atoms with E-state index in [4.69, 9.17) is 23.7 Å². The highest BCUT2D eigenvalue weighted by Crippen LogP contribution is 2.40. The van der Waals surface area contributed by atoms with Crippen LogP contribution in [-0.4, -0.2) is 88.9 Å². The maximum atomic E-state index is 14.1. The Labute approximate surface area is 267 Å². The molecule has 0 radical (unpaired) electrons. The molecular formula is C36H46N2O7. The van der Waals surface area contributed by atoms with E-state index in [2.05, 4.69) is 12.1 Å². The Kier molecular flexibility index (Phi) is 12.9. The van der Waals surface area contributed by atoms with Gasteiger partial charge in [0, 0.05) is 33.2 Å². The van der Waals surface area contributed by atoms with Gasteiger partial charge in [0.25, 0.3) is 5.91 Å². The number of hydrogen-bond acceptors (Lipinski definition) is 7. The number of para-hydroxylation sites is 1. The third-order valence-electron chi connectivity index (χ3n) is 8.20. The van der Waals surface area contributed by atoms with E-state index in [0.717, 1.165) is 30.4 Å². The fourth-order valence-electron chi connectivity index (χ4n) is 5.80. The van der Waals surface area contributed by atoms with Crippen LogP contribution in [0.4, 0.5) is 0 Å². The van der Waals surface area contributed by atoms with E-state index < -0.39 is 0 Å². The summed E-state index contributed by atoms with van der Waals surface area (Å²) in [4.78, 5) is 31.6. The summed E-state index contributed by atoms with van der Waals surface area (Å²) in [5, 5.41) is 0. The number of fused-ring (bicyclic) bond motifs is 1. The highest BCUT2D eigenvalue weighted by atomic mass is 16.5. The normalized spacial score (nSPS) is 16.0. The Balaban J connectivity index is 1.62. The summed E-state index contributed by atoms with van der Waals surface area (Å²) in [6.07, 6.45) is 3.91. The smallest absolute Gasteiger partial charge is 0.257 e. The Hall–Kier alpha value is -4.24. The first-order valence-corrected chi connectivity index (χ1v) is 15.6. The van der Waals surface area contributed by atoms with Gasteiger partial charge in [0.05, 0.1) is 39.5 Å². The molecule has 4 rings (SSSR count). The predicted molar refractivity (Wildman–Crippen MR) is 174 cm³/mol. The van der Waals surface area contributed by atoms with Gasteiger partial charge in [0.15, 0.2) is 11.5 Å². The van der Waals surface area contributed by atoms with Crippen molar-refractivity contribution in [1.29, 1.82) is 0 Å². The molecule has 242 valence electrons. The molecule has 1 heterocycles. The number of ether oxygens (including phenoxy) is 5. The molecule has 0 saturated heterocycles. The highest BCUT2D eigenvalue weighted by molar-refractivity contribution is 5.97. The SMILES string of the molecule is COCCN1CCCCCN(C(=O)CCc2ccc(OC)c(OC)c2OC)[C@@H](Cc2ccccc2)COc2ccccc2C1=O. The molecule has 0 aliphatic carbocycles. The number of amides is 2. The van der Waals surface area contributed by atoms with Crippen molar-refractivity contribution < 1.29 is 33.3 Å². The summed E-state index contributed by atoms with van der Waals surface area (Å²) >= 11 is 0. The van der Waals surface area contributed by atoms with Gasteiger partial charge in [0.1, 0.15) is 12.4 Å². The van der Waals surface area contributed by atoms with Gasteiger partial charge in [-0.1, -0.05) is 48.5 Å². The number of carbonyl (C=O) groups is 2. The van der Waals surface area contributed by atoms with Gasteiger partial charge >= 0.3 is 0 Å². The van der Waals surface area contributed by atoms with Crippen molar-refractivity contribution in [2.24, 2.45) is 0 Å². The second-order valence-corrected chi connectivity index (χ2v) is 11.1. The predicted octanol–water partition coefficient (Wildman–Crippen LogP) is 5.44. The summed E-state index contributed by atoms with van der Waals surface area (Å²) in [6.45, 7) is 2.42. The average molecular weight is 619 g/mol. The summed E-state index contributed by atoms with van der Waals surface area (Å²) in [5.41, 5.74) is 2.50. The Morgan fingerprint density at radius 1 is 0.844 bits per heavy atom. The van der Waals surface area contributed by atoms with Crippen LogP contribution in [-0.2, 0) is 22.4 Å². The van der Waals surface area contributed by atoms with Gasteiger partial charge in [-0.25, -0.2) is 0 Å². The highest BCUT2D eigenvalue weighted by Gasteiger charge is 2.27. The second-order valence-electron chi connectivity index (χ2n) is 11.1. The molecule has 0 aromatic heterocycles. The van der Waals surface area contributed by atoms with E-state index in [-0.39, 0.29) is 30.9 Å². The molecule has 3 aromatic carbocycles. The number of methoxy groups -OCH3 is 4. The lowest BCUT2D eigenvalue weighted by atomic mass is 10.0. The van der Waals surface area contributed by atoms with Gasteiger partial charge in [-0.2, -0.15) is 0 Å². The van der Waals surface area contributed by atoms with E-state index in [9.17, 15) is 9.59 Å². The van der Waals surface area contributed by atoms with Gasteiger partial charge in [-0.15, -0.1) is 0 Å². The van der Waals surface area contributed by atoms with Crippen molar-refractivity contribution in [1.82, 2.24) is 9.80 Å². The average Bonchev–Trinajstić information content (AvgIpc) is 3.08. The monoisotopic (exact) mass is 618 g/mol. The maximum Gasteiger partial charge on any atom is 0.257 e. The molecule has 3 aromatic rings. The lowest BCUT2D eigenvalue weighted by molar-refractivity contribution is -0.134. The summed E-state index contributed by atoms with van der Waals surface area (Å²) in [7, 11) is 6.39. The first kappa shape index (κ1) is 33.6. The van der Waals surface area contributed by atoms with Crippen LogP contribution in [0.25, 0.3) is 0 Å². The van der Waals surface area contributed by atoms with Gasteiger partial charge in [-0.05, 0) is 61.4 Å². The summed E-state index contributed by atoms with van der Waals surface area (Å²) in [5.74, 6) is 2.14. The van der Waals surface area contributed by atoms with E-state index >= 15 is 0 Å². The topological polar surface area (TPSA) is 86.8 Å². The largest absolute Gasteiger partial charge is 0.493 e. The van der Waals surface area contributed by atoms with Gasteiger partial charge < -0.3 is 33.5 Å². The molecule has 1 atom stereocenters. The van der Waals surface area contributed by atoms with Crippen molar-refractivity contribution in [2.75, 3.05) is 61.3 Å². The molecule has 0 fully saturated rings. The first-order valence-electron chi connectivity index (χ1n) is 15.6. The molecular weight excluding hydrogens is 572 g/mol. The van der Waals surface area contributed by atoms with Crippen molar-refractivity contribution in [2.45, 2.75) is 44.6 Å². The van der Waals surface area contributed by atoms with Crippen molar-refractivity contribution >= 4 is 11.8 Å². The third kappa shape index (κ3) is 8.91. The first-order chi connectivity index (χ1) is 22.0. The summed E-state index contributed by atoms with van der Waals surface area (Å²) in [6, 6.07) is 21.0. The number of rotatable bonds is 11. The number of hydrogen-bond donors (Lipinski definition) is 0. The molecule has 1 aliphatic heterocycles. The Morgan fingerprint density at radius 2 is 1.58 bits per heavy atom. The van der Waals surface area contributed by atoms with Crippen molar-refractivity contribution in [3.8, 4) is 23.0 Å². The minimum absolute atomic E-state index is 0.0392. The van der Waals surface area contributed by atoms with Crippen molar-refractivity contribution in [3.05, 3.63) is 83.4 Å². The van der Waals surface area contributed by atoms with Gasteiger partial charge in [-0.3, -0.25) is 9.59 Å². The molecule has 1 aliphatic rings. The lowest BCUT2D eigenvalue weighted by Crippen LogP contribution is -2.45. The lowest BCUT2D eigenvalue weighted by Gasteiger charge is -2.32.